The SMILES string of the molecule is CCOc1c(Cl)cccc1CC(=O)N1C[C@@H](OC)C[C@H]1COC. The van der Waals surface area contributed by atoms with Crippen molar-refractivity contribution >= 4 is 17.5 Å². The van der Waals surface area contributed by atoms with E-state index in [1.165, 1.54) is 0 Å². The van der Waals surface area contributed by atoms with Gasteiger partial charge in [-0.25, -0.2) is 0 Å². The van der Waals surface area contributed by atoms with Crippen LogP contribution in [-0.4, -0.2) is 56.9 Å². The third-order valence-corrected chi connectivity index (χ3v) is 4.37. The highest BCUT2D eigenvalue weighted by atomic mass is 35.5. The topological polar surface area (TPSA) is 48.0 Å². The van der Waals surface area contributed by atoms with Gasteiger partial charge in [-0.15, -0.1) is 0 Å². The number of ether oxygens (including phenoxy) is 3. The molecule has 0 unspecified atom stereocenters. The zero-order chi connectivity index (χ0) is 16.8. The zero-order valence-electron chi connectivity index (χ0n) is 13.9. The minimum absolute atomic E-state index is 0.0369. The fourth-order valence-electron chi connectivity index (χ4n) is 2.96. The van der Waals surface area contributed by atoms with Gasteiger partial charge in [0.25, 0.3) is 0 Å². The standard InChI is InChI=1S/C17H24ClNO4/c1-4-23-17-12(6-5-7-15(17)18)8-16(20)19-10-14(22-3)9-13(19)11-21-2/h5-7,13-14H,4,8-11H2,1-3H3/t13-,14-/m0/s1. The van der Waals surface area contributed by atoms with E-state index in [4.69, 9.17) is 25.8 Å². The summed E-state index contributed by atoms with van der Waals surface area (Å²) in [5, 5.41) is 0.529. The molecule has 1 aromatic carbocycles. The Bertz CT molecular complexity index is 537. The van der Waals surface area contributed by atoms with Crippen LogP contribution in [0, 0.1) is 0 Å². The largest absolute Gasteiger partial charge is 0.492 e. The van der Waals surface area contributed by atoms with E-state index in [0.717, 1.165) is 12.0 Å². The minimum atomic E-state index is 0.0369. The van der Waals surface area contributed by atoms with E-state index in [0.29, 0.717) is 30.5 Å². The number of hydrogen-bond donors (Lipinski definition) is 0. The van der Waals surface area contributed by atoms with E-state index in [1.807, 2.05) is 24.0 Å². The van der Waals surface area contributed by atoms with Crippen molar-refractivity contribution in [2.24, 2.45) is 0 Å². The van der Waals surface area contributed by atoms with Crippen LogP contribution in [0.5, 0.6) is 5.75 Å². The fraction of sp³-hybridized carbons (Fsp3) is 0.588. The number of methoxy groups -OCH3 is 2. The van der Waals surface area contributed by atoms with Gasteiger partial charge in [0, 0.05) is 26.3 Å². The van der Waals surface area contributed by atoms with Gasteiger partial charge in [0.1, 0.15) is 5.75 Å². The third-order valence-electron chi connectivity index (χ3n) is 4.07. The van der Waals surface area contributed by atoms with E-state index >= 15 is 0 Å². The summed E-state index contributed by atoms with van der Waals surface area (Å²) in [4.78, 5) is 14.6. The van der Waals surface area contributed by atoms with Crippen LogP contribution >= 0.6 is 11.6 Å². The summed E-state index contributed by atoms with van der Waals surface area (Å²) in [5.74, 6) is 0.630. The molecule has 1 fully saturated rings. The van der Waals surface area contributed by atoms with Crippen molar-refractivity contribution in [3.63, 3.8) is 0 Å². The molecule has 1 aromatic rings. The first-order valence-electron chi connectivity index (χ1n) is 7.82. The average Bonchev–Trinajstić information content (AvgIpc) is 2.94. The fourth-order valence-corrected chi connectivity index (χ4v) is 3.21. The van der Waals surface area contributed by atoms with Crippen LogP contribution in [0.15, 0.2) is 18.2 Å². The number of halogens is 1. The maximum atomic E-state index is 12.7. The molecule has 23 heavy (non-hydrogen) atoms. The minimum Gasteiger partial charge on any atom is -0.492 e. The van der Waals surface area contributed by atoms with E-state index in [1.54, 1.807) is 20.3 Å². The first-order chi connectivity index (χ1) is 11.1. The zero-order valence-corrected chi connectivity index (χ0v) is 14.6. The van der Waals surface area contributed by atoms with Crippen molar-refractivity contribution in [3.05, 3.63) is 28.8 Å². The maximum absolute atomic E-state index is 12.7. The molecule has 128 valence electrons. The highest BCUT2D eigenvalue weighted by molar-refractivity contribution is 6.32. The number of rotatable bonds is 7. The van der Waals surface area contributed by atoms with Crippen LogP contribution in [0.25, 0.3) is 0 Å². The number of para-hydroxylation sites is 1. The molecule has 1 aliphatic rings. The van der Waals surface area contributed by atoms with Gasteiger partial charge in [-0.2, -0.15) is 0 Å². The van der Waals surface area contributed by atoms with Crippen LogP contribution in [0.1, 0.15) is 18.9 Å². The quantitative estimate of drug-likeness (QED) is 0.764. The van der Waals surface area contributed by atoms with Crippen LogP contribution in [-0.2, 0) is 20.7 Å². The summed E-state index contributed by atoms with van der Waals surface area (Å²) in [6.07, 6.45) is 1.11. The van der Waals surface area contributed by atoms with Gasteiger partial charge in [-0.3, -0.25) is 4.79 Å². The molecular formula is C17H24ClNO4. The molecule has 1 amide bonds. The van der Waals surface area contributed by atoms with Gasteiger partial charge in [0.15, 0.2) is 0 Å². The van der Waals surface area contributed by atoms with Gasteiger partial charge in [-0.05, 0) is 19.4 Å². The molecule has 2 rings (SSSR count). The van der Waals surface area contributed by atoms with Crippen molar-refractivity contribution in [2.75, 3.05) is 34.0 Å². The van der Waals surface area contributed by atoms with Crippen molar-refractivity contribution in [1.29, 1.82) is 0 Å². The number of nitrogens with zero attached hydrogens (tertiary/aromatic N) is 1. The number of amides is 1. The van der Waals surface area contributed by atoms with E-state index in [9.17, 15) is 4.79 Å². The Kier molecular flexibility index (Phi) is 6.69. The molecule has 5 nitrogen and oxygen atoms in total. The molecule has 0 spiro atoms. The summed E-state index contributed by atoms with van der Waals surface area (Å²) in [6, 6.07) is 5.53. The van der Waals surface area contributed by atoms with Crippen LogP contribution < -0.4 is 4.74 Å². The second-order valence-corrected chi connectivity index (χ2v) is 5.99. The van der Waals surface area contributed by atoms with Gasteiger partial charge >= 0.3 is 0 Å². The van der Waals surface area contributed by atoms with Crippen LogP contribution in [0.2, 0.25) is 5.02 Å². The second kappa shape index (κ2) is 8.52. The second-order valence-electron chi connectivity index (χ2n) is 5.59. The highest BCUT2D eigenvalue weighted by Gasteiger charge is 2.35. The first-order valence-corrected chi connectivity index (χ1v) is 8.19. The molecule has 0 bridgehead atoms. The lowest BCUT2D eigenvalue weighted by molar-refractivity contribution is -0.132. The number of hydrogen-bond acceptors (Lipinski definition) is 4. The van der Waals surface area contributed by atoms with Gasteiger partial charge < -0.3 is 19.1 Å². The summed E-state index contributed by atoms with van der Waals surface area (Å²) >= 11 is 6.19. The van der Waals surface area contributed by atoms with Gasteiger partial charge in [-0.1, -0.05) is 23.7 Å². The molecular weight excluding hydrogens is 318 g/mol. The number of carbonyl (C=O) groups excluding carboxylic acids is 1. The number of carbonyl (C=O) groups is 1. The number of benzene rings is 1. The monoisotopic (exact) mass is 341 g/mol. The molecule has 0 N–H and O–H groups in total. The van der Waals surface area contributed by atoms with Crippen molar-refractivity contribution in [1.82, 2.24) is 4.90 Å². The molecule has 0 aromatic heterocycles. The lowest BCUT2D eigenvalue weighted by Gasteiger charge is -2.24. The Hall–Kier alpha value is -1.30. The Morgan fingerprint density at radius 2 is 2.17 bits per heavy atom. The summed E-state index contributed by atoms with van der Waals surface area (Å²) < 4.78 is 16.2. The maximum Gasteiger partial charge on any atom is 0.227 e. The van der Waals surface area contributed by atoms with Crippen molar-refractivity contribution in [3.8, 4) is 5.75 Å². The van der Waals surface area contributed by atoms with Crippen LogP contribution in [0.3, 0.4) is 0 Å². The highest BCUT2D eigenvalue weighted by Crippen LogP contribution is 2.30. The van der Waals surface area contributed by atoms with E-state index in [-0.39, 0.29) is 24.5 Å². The lowest BCUT2D eigenvalue weighted by Crippen LogP contribution is -2.39. The molecule has 0 aliphatic carbocycles. The Labute approximate surface area is 142 Å². The summed E-state index contributed by atoms with van der Waals surface area (Å²) in [7, 11) is 3.32. The predicted molar refractivity (Wildman–Crippen MR) is 89.1 cm³/mol. The van der Waals surface area contributed by atoms with Crippen molar-refractivity contribution in [2.45, 2.75) is 31.9 Å². The third kappa shape index (κ3) is 4.37. The van der Waals surface area contributed by atoms with Crippen LogP contribution in [0.4, 0.5) is 0 Å². The van der Waals surface area contributed by atoms with E-state index < -0.39 is 0 Å². The lowest BCUT2D eigenvalue weighted by atomic mass is 10.1. The molecule has 0 saturated carbocycles. The number of likely N-dealkylation sites (tertiary alicyclic amines) is 1. The summed E-state index contributed by atoms with van der Waals surface area (Å²) in [6.45, 7) is 3.51. The normalized spacial score (nSPS) is 20.8. The summed E-state index contributed by atoms with van der Waals surface area (Å²) in [5.41, 5.74) is 0.807. The Morgan fingerprint density at radius 1 is 1.39 bits per heavy atom. The predicted octanol–water partition coefficient (Wildman–Crippen LogP) is 2.54. The molecule has 1 heterocycles. The molecule has 2 atom stereocenters. The molecule has 0 radical (unpaired) electrons. The Balaban J connectivity index is 2.13. The molecule has 1 saturated heterocycles. The first kappa shape index (κ1) is 18.0. The van der Waals surface area contributed by atoms with Gasteiger partial charge in [0.05, 0.1) is 36.8 Å². The average molecular weight is 342 g/mol. The van der Waals surface area contributed by atoms with E-state index in [2.05, 4.69) is 0 Å². The Morgan fingerprint density at radius 3 is 2.83 bits per heavy atom. The van der Waals surface area contributed by atoms with Crippen molar-refractivity contribution < 1.29 is 19.0 Å². The molecule has 1 aliphatic heterocycles. The molecule has 6 heteroatoms. The smallest absolute Gasteiger partial charge is 0.227 e. The van der Waals surface area contributed by atoms with Gasteiger partial charge in [0.2, 0.25) is 5.91 Å².